The molecule has 0 unspecified atom stereocenters. The maximum atomic E-state index is 11.6. The molecule has 0 amide bonds. The number of nitrogens with one attached hydrogen (secondary N) is 1. The third-order valence-corrected chi connectivity index (χ3v) is 5.57. The van der Waals surface area contributed by atoms with Crippen molar-refractivity contribution in [1.82, 2.24) is 9.62 Å². The van der Waals surface area contributed by atoms with E-state index in [9.17, 15) is 8.42 Å². The Morgan fingerprint density at radius 2 is 2.12 bits per heavy atom. The van der Waals surface area contributed by atoms with Gasteiger partial charge >= 0.3 is 0 Å². The summed E-state index contributed by atoms with van der Waals surface area (Å²) in [4.78, 5) is 2.27. The Labute approximate surface area is 101 Å². The van der Waals surface area contributed by atoms with Crippen LogP contribution in [0.5, 0.6) is 0 Å². The molecule has 5 nitrogen and oxygen atoms in total. The standard InChI is InChI=1S/C9H18N2O3S2/c12-16(13)6-5-15-8-9(10-16)7-11-1-3-14-4-2-11/h9-10H,1-8H2/t9-/m1/s1. The highest BCUT2D eigenvalue weighted by Crippen LogP contribution is 2.11. The molecule has 1 atom stereocenters. The molecule has 0 saturated carbocycles. The van der Waals surface area contributed by atoms with Crippen LogP contribution in [0.25, 0.3) is 0 Å². The van der Waals surface area contributed by atoms with Crippen molar-refractivity contribution < 1.29 is 13.2 Å². The number of thioether (sulfide) groups is 1. The Bertz CT molecular complexity index is 315. The number of hydrogen-bond donors (Lipinski definition) is 1. The molecule has 0 spiro atoms. The summed E-state index contributed by atoms with van der Waals surface area (Å²) >= 11 is 1.72. The third kappa shape index (κ3) is 3.89. The highest BCUT2D eigenvalue weighted by atomic mass is 32.2. The zero-order chi connectivity index (χ0) is 11.4. The summed E-state index contributed by atoms with van der Waals surface area (Å²) in [6.07, 6.45) is 0. The van der Waals surface area contributed by atoms with Crippen molar-refractivity contribution in [2.24, 2.45) is 0 Å². The molecule has 0 aliphatic carbocycles. The Balaban J connectivity index is 1.87. The van der Waals surface area contributed by atoms with Gasteiger partial charge in [0.1, 0.15) is 0 Å². The lowest BCUT2D eigenvalue weighted by Crippen LogP contribution is -2.48. The monoisotopic (exact) mass is 266 g/mol. The van der Waals surface area contributed by atoms with Gasteiger partial charge in [0, 0.05) is 37.2 Å². The summed E-state index contributed by atoms with van der Waals surface area (Å²) < 4.78 is 31.2. The minimum absolute atomic E-state index is 0.0515. The number of nitrogens with zero attached hydrogens (tertiary/aromatic N) is 1. The molecule has 0 aromatic rings. The second-order valence-corrected chi connectivity index (χ2v) is 7.14. The van der Waals surface area contributed by atoms with Gasteiger partial charge in [0.15, 0.2) is 0 Å². The van der Waals surface area contributed by atoms with Crippen LogP contribution >= 0.6 is 11.8 Å². The molecular formula is C9H18N2O3S2. The summed E-state index contributed by atoms with van der Waals surface area (Å²) in [7, 11) is -3.05. The molecule has 94 valence electrons. The highest BCUT2D eigenvalue weighted by Gasteiger charge is 2.24. The topological polar surface area (TPSA) is 58.6 Å². The second-order valence-electron chi connectivity index (χ2n) is 4.12. The van der Waals surface area contributed by atoms with E-state index >= 15 is 0 Å². The largest absolute Gasteiger partial charge is 0.379 e. The molecule has 7 heteroatoms. The van der Waals surface area contributed by atoms with Crippen molar-refractivity contribution in [3.05, 3.63) is 0 Å². The Kier molecular flexibility index (Phi) is 4.48. The molecular weight excluding hydrogens is 248 g/mol. The number of sulfonamides is 1. The number of ether oxygens (including phenoxy) is 1. The summed E-state index contributed by atoms with van der Waals surface area (Å²) in [5.74, 6) is 1.82. The third-order valence-electron chi connectivity index (χ3n) is 2.74. The summed E-state index contributed by atoms with van der Waals surface area (Å²) in [5.41, 5.74) is 0. The van der Waals surface area contributed by atoms with Crippen LogP contribution in [0.2, 0.25) is 0 Å². The van der Waals surface area contributed by atoms with E-state index in [0.717, 1.165) is 38.6 Å². The quantitative estimate of drug-likeness (QED) is 0.720. The van der Waals surface area contributed by atoms with E-state index in [4.69, 9.17) is 4.74 Å². The van der Waals surface area contributed by atoms with Gasteiger partial charge in [-0.05, 0) is 0 Å². The number of hydrogen-bond acceptors (Lipinski definition) is 5. The predicted octanol–water partition coefficient (Wildman–Crippen LogP) is -0.647. The molecule has 2 fully saturated rings. The molecule has 2 aliphatic rings. The van der Waals surface area contributed by atoms with Crippen LogP contribution in [0.15, 0.2) is 0 Å². The van der Waals surface area contributed by atoms with Gasteiger partial charge < -0.3 is 4.74 Å². The second kappa shape index (κ2) is 5.68. The van der Waals surface area contributed by atoms with Crippen LogP contribution in [0.1, 0.15) is 0 Å². The van der Waals surface area contributed by atoms with Crippen molar-refractivity contribution in [1.29, 1.82) is 0 Å². The van der Waals surface area contributed by atoms with Gasteiger partial charge in [0.05, 0.1) is 19.0 Å². The van der Waals surface area contributed by atoms with Gasteiger partial charge in [-0.15, -0.1) is 0 Å². The van der Waals surface area contributed by atoms with Crippen LogP contribution in [0, 0.1) is 0 Å². The van der Waals surface area contributed by atoms with E-state index < -0.39 is 10.0 Å². The van der Waals surface area contributed by atoms with Crippen LogP contribution in [-0.2, 0) is 14.8 Å². The number of rotatable bonds is 2. The summed E-state index contributed by atoms with van der Waals surface area (Å²) in [6.45, 7) is 4.13. The van der Waals surface area contributed by atoms with E-state index in [1.165, 1.54) is 0 Å². The summed E-state index contributed by atoms with van der Waals surface area (Å²) in [5, 5.41) is 0. The fraction of sp³-hybridized carbons (Fsp3) is 1.00. The van der Waals surface area contributed by atoms with Crippen molar-refractivity contribution in [2.45, 2.75) is 6.04 Å². The first-order valence-electron chi connectivity index (χ1n) is 5.53. The molecule has 0 aromatic heterocycles. The lowest BCUT2D eigenvalue weighted by Gasteiger charge is -2.29. The van der Waals surface area contributed by atoms with Crippen molar-refractivity contribution in [2.75, 3.05) is 50.1 Å². The van der Waals surface area contributed by atoms with Gasteiger partial charge in [0.25, 0.3) is 0 Å². The Morgan fingerprint density at radius 1 is 1.38 bits per heavy atom. The molecule has 2 aliphatic heterocycles. The average Bonchev–Trinajstić information content (AvgIpc) is 2.40. The highest BCUT2D eigenvalue weighted by molar-refractivity contribution is 8.00. The van der Waals surface area contributed by atoms with Gasteiger partial charge in [-0.3, -0.25) is 4.90 Å². The first kappa shape index (κ1) is 12.6. The lowest BCUT2D eigenvalue weighted by atomic mass is 10.3. The smallest absolute Gasteiger partial charge is 0.212 e. The minimum Gasteiger partial charge on any atom is -0.379 e. The van der Waals surface area contributed by atoms with E-state index in [0.29, 0.717) is 5.75 Å². The molecule has 1 N–H and O–H groups in total. The van der Waals surface area contributed by atoms with Crippen LogP contribution in [-0.4, -0.2) is 69.5 Å². The molecule has 16 heavy (non-hydrogen) atoms. The average molecular weight is 266 g/mol. The van der Waals surface area contributed by atoms with Crippen LogP contribution < -0.4 is 4.72 Å². The van der Waals surface area contributed by atoms with Gasteiger partial charge in [-0.25, -0.2) is 13.1 Å². The summed E-state index contributed by atoms with van der Waals surface area (Å²) in [6, 6.07) is 0.0515. The fourth-order valence-electron chi connectivity index (χ4n) is 1.93. The Hall–Kier alpha value is 0.180. The minimum atomic E-state index is -3.05. The molecule has 0 radical (unpaired) electrons. The molecule has 2 heterocycles. The van der Waals surface area contributed by atoms with Crippen LogP contribution in [0.3, 0.4) is 0 Å². The van der Waals surface area contributed by atoms with E-state index in [-0.39, 0.29) is 11.8 Å². The zero-order valence-electron chi connectivity index (χ0n) is 9.22. The molecule has 0 aromatic carbocycles. The lowest BCUT2D eigenvalue weighted by molar-refractivity contribution is 0.0356. The van der Waals surface area contributed by atoms with Gasteiger partial charge in [-0.1, -0.05) is 0 Å². The normalized spacial score (nSPS) is 32.1. The SMILES string of the molecule is O=S1(=O)CCSC[C@@H](CN2CCOCC2)N1. The molecule has 2 saturated heterocycles. The van der Waals surface area contributed by atoms with Crippen molar-refractivity contribution in [3.63, 3.8) is 0 Å². The first-order chi connectivity index (χ1) is 7.66. The van der Waals surface area contributed by atoms with Gasteiger partial charge in [-0.2, -0.15) is 11.8 Å². The van der Waals surface area contributed by atoms with Crippen molar-refractivity contribution in [3.8, 4) is 0 Å². The molecule has 0 bridgehead atoms. The van der Waals surface area contributed by atoms with Crippen LogP contribution in [0.4, 0.5) is 0 Å². The predicted molar refractivity (Wildman–Crippen MR) is 65.3 cm³/mol. The number of morpholine rings is 1. The van der Waals surface area contributed by atoms with Crippen molar-refractivity contribution >= 4 is 21.8 Å². The Morgan fingerprint density at radius 3 is 2.88 bits per heavy atom. The van der Waals surface area contributed by atoms with Gasteiger partial charge in [0.2, 0.25) is 10.0 Å². The maximum absolute atomic E-state index is 11.6. The zero-order valence-corrected chi connectivity index (χ0v) is 10.9. The molecule has 2 rings (SSSR count). The van der Waals surface area contributed by atoms with E-state index in [1.807, 2.05) is 0 Å². The van der Waals surface area contributed by atoms with E-state index in [2.05, 4.69) is 9.62 Å². The maximum Gasteiger partial charge on any atom is 0.212 e. The van der Waals surface area contributed by atoms with E-state index in [1.54, 1.807) is 11.8 Å². The first-order valence-corrected chi connectivity index (χ1v) is 8.34. The fourth-order valence-corrected chi connectivity index (χ4v) is 4.80.